The van der Waals surface area contributed by atoms with Crippen LogP contribution < -0.4 is 5.32 Å². The van der Waals surface area contributed by atoms with Gasteiger partial charge in [0.1, 0.15) is 11.5 Å². The van der Waals surface area contributed by atoms with Crippen LogP contribution >= 0.6 is 23.2 Å². The van der Waals surface area contributed by atoms with Crippen LogP contribution in [-0.4, -0.2) is 30.2 Å². The number of nitrogens with one attached hydrogen (secondary N) is 2. The monoisotopic (exact) mass is 622 g/mol. The minimum Gasteiger partial charge on any atom is -0.350 e. The molecule has 2 N–H and O–H groups in total. The summed E-state index contributed by atoms with van der Waals surface area (Å²) in [5.74, 6) is 0.483. The number of anilines is 1. The van der Waals surface area contributed by atoms with Gasteiger partial charge in [0.2, 0.25) is 0 Å². The number of hydrogen-bond acceptors (Lipinski definition) is 3. The fourth-order valence-corrected chi connectivity index (χ4v) is 6.70. The van der Waals surface area contributed by atoms with Gasteiger partial charge in [-0.1, -0.05) is 84.6 Å². The Kier molecular flexibility index (Phi) is 7.52. The van der Waals surface area contributed by atoms with Crippen LogP contribution in [0.5, 0.6) is 0 Å². The van der Waals surface area contributed by atoms with Crippen molar-refractivity contribution in [2.75, 3.05) is 5.32 Å². The topological polar surface area (TPSA) is 80.5 Å². The lowest BCUT2D eigenvalue weighted by atomic mass is 9.99. The fourth-order valence-electron chi connectivity index (χ4n) is 6.40. The molecule has 0 aliphatic heterocycles. The first kappa shape index (κ1) is 28.4. The zero-order chi connectivity index (χ0) is 30.4. The number of carbonyl (C=O) groups is 1. The summed E-state index contributed by atoms with van der Waals surface area (Å²) in [7, 11) is 0. The molecule has 1 amide bonds. The lowest BCUT2D eigenvalue weighted by Gasteiger charge is -2.19. The van der Waals surface area contributed by atoms with E-state index in [1.807, 2.05) is 96.9 Å². The SMILES string of the molecule is Cc1cnn(C2CCCC2)c1NC(=O)c1[nH]c2cc(Cl)ccc2c1-c1c(-c2ccccc2)ncn1[C@@H](C)c1ccc(Cl)cc1. The van der Waals surface area contributed by atoms with Crippen LogP contribution in [0.3, 0.4) is 0 Å². The molecule has 7 nitrogen and oxygen atoms in total. The summed E-state index contributed by atoms with van der Waals surface area (Å²) < 4.78 is 4.12. The number of H-pyrrole nitrogens is 1. The summed E-state index contributed by atoms with van der Waals surface area (Å²) >= 11 is 12.7. The van der Waals surface area contributed by atoms with E-state index in [4.69, 9.17) is 28.2 Å². The van der Waals surface area contributed by atoms with Crippen molar-refractivity contribution in [3.8, 4) is 22.5 Å². The lowest BCUT2D eigenvalue weighted by Crippen LogP contribution is -2.19. The number of aromatic amines is 1. The standard InChI is InChI=1S/C35H32Cl2N6O/c1-21-19-39-43(27-10-6-7-11-27)34(21)41-35(44)32-30(28-17-16-26(37)18-29(28)40-32)33-31(24-8-4-3-5-9-24)38-20-42(33)22(2)23-12-14-25(36)15-13-23/h3-5,8-9,12-20,22,27,40H,6-7,10-11H2,1-2H3,(H,41,44)/t22-/m0/s1. The van der Waals surface area contributed by atoms with Crippen molar-refractivity contribution in [2.24, 2.45) is 0 Å². The number of halogens is 2. The van der Waals surface area contributed by atoms with Gasteiger partial charge in [-0.2, -0.15) is 5.10 Å². The number of aryl methyl sites for hydroxylation is 1. The quantitative estimate of drug-likeness (QED) is 0.186. The molecule has 3 heterocycles. The van der Waals surface area contributed by atoms with Gasteiger partial charge in [0.15, 0.2) is 0 Å². The molecule has 44 heavy (non-hydrogen) atoms. The molecule has 1 saturated carbocycles. The van der Waals surface area contributed by atoms with Gasteiger partial charge in [0, 0.05) is 37.6 Å². The van der Waals surface area contributed by atoms with Gasteiger partial charge in [-0.3, -0.25) is 4.79 Å². The Bertz CT molecular complexity index is 1970. The number of carbonyl (C=O) groups excluding carboxylic acids is 1. The van der Waals surface area contributed by atoms with Crippen molar-refractivity contribution < 1.29 is 4.79 Å². The molecule has 7 rings (SSSR count). The van der Waals surface area contributed by atoms with Crippen LogP contribution in [0.4, 0.5) is 5.82 Å². The maximum absolute atomic E-state index is 14.4. The Morgan fingerprint density at radius 3 is 2.48 bits per heavy atom. The van der Waals surface area contributed by atoms with E-state index < -0.39 is 0 Å². The average molecular weight is 624 g/mol. The summed E-state index contributed by atoms with van der Waals surface area (Å²) in [4.78, 5) is 22.7. The second-order valence-corrected chi connectivity index (χ2v) is 12.4. The van der Waals surface area contributed by atoms with E-state index >= 15 is 0 Å². The van der Waals surface area contributed by atoms with Crippen molar-refractivity contribution in [1.82, 2.24) is 24.3 Å². The first-order valence-electron chi connectivity index (χ1n) is 14.9. The molecule has 0 radical (unpaired) electrons. The van der Waals surface area contributed by atoms with Crippen LogP contribution in [-0.2, 0) is 0 Å². The summed E-state index contributed by atoms with van der Waals surface area (Å²) in [5.41, 5.74) is 6.52. The molecule has 1 fully saturated rings. The maximum Gasteiger partial charge on any atom is 0.273 e. The zero-order valence-electron chi connectivity index (χ0n) is 24.5. The third-order valence-corrected chi connectivity index (χ3v) is 9.20. The number of nitrogens with zero attached hydrogens (tertiary/aromatic N) is 4. The van der Waals surface area contributed by atoms with Crippen molar-refractivity contribution in [3.05, 3.63) is 112 Å². The minimum atomic E-state index is -0.249. The zero-order valence-corrected chi connectivity index (χ0v) is 26.0. The van der Waals surface area contributed by atoms with Gasteiger partial charge in [-0.25, -0.2) is 9.67 Å². The van der Waals surface area contributed by atoms with Crippen molar-refractivity contribution in [1.29, 1.82) is 0 Å². The fraction of sp³-hybridized carbons (Fsp3) is 0.229. The predicted octanol–water partition coefficient (Wildman–Crippen LogP) is 9.49. The molecule has 6 aromatic rings. The molecule has 222 valence electrons. The molecule has 1 aliphatic carbocycles. The molecule has 0 saturated heterocycles. The highest BCUT2D eigenvalue weighted by Gasteiger charge is 2.29. The molecular formula is C35H32Cl2N6O. The summed E-state index contributed by atoms with van der Waals surface area (Å²) in [6.45, 7) is 4.11. The third kappa shape index (κ3) is 5.10. The van der Waals surface area contributed by atoms with Crippen molar-refractivity contribution in [2.45, 2.75) is 51.6 Å². The van der Waals surface area contributed by atoms with Gasteiger partial charge < -0.3 is 14.9 Å². The molecular weight excluding hydrogens is 591 g/mol. The smallest absolute Gasteiger partial charge is 0.273 e. The number of aromatic nitrogens is 5. The van der Waals surface area contributed by atoms with Crippen LogP contribution in [0.1, 0.15) is 66.3 Å². The first-order chi connectivity index (χ1) is 21.4. The van der Waals surface area contributed by atoms with E-state index in [0.29, 0.717) is 15.7 Å². The molecule has 1 atom stereocenters. The predicted molar refractivity (Wildman–Crippen MR) is 178 cm³/mol. The number of amides is 1. The van der Waals surface area contributed by atoms with Crippen LogP contribution in [0.15, 0.2) is 85.3 Å². The van der Waals surface area contributed by atoms with Gasteiger partial charge in [-0.05, 0) is 56.5 Å². The van der Waals surface area contributed by atoms with Crippen molar-refractivity contribution in [3.63, 3.8) is 0 Å². The minimum absolute atomic E-state index is 0.105. The maximum atomic E-state index is 14.4. The van der Waals surface area contributed by atoms with Crippen LogP contribution in [0.2, 0.25) is 10.0 Å². The Labute approximate surface area is 265 Å². The number of fused-ring (bicyclic) bond motifs is 1. The molecule has 0 spiro atoms. The Hall–Kier alpha value is -4.33. The van der Waals surface area contributed by atoms with Crippen LogP contribution in [0.25, 0.3) is 33.4 Å². The van der Waals surface area contributed by atoms with E-state index in [2.05, 4.69) is 26.9 Å². The van der Waals surface area contributed by atoms with Crippen molar-refractivity contribution >= 4 is 45.8 Å². The summed E-state index contributed by atoms with van der Waals surface area (Å²) in [5, 5.41) is 10.0. The van der Waals surface area contributed by atoms with Gasteiger partial charge in [0.25, 0.3) is 5.91 Å². The van der Waals surface area contributed by atoms with E-state index in [-0.39, 0.29) is 18.0 Å². The Balaban J connectivity index is 1.42. The number of imidazole rings is 1. The van der Waals surface area contributed by atoms with Crippen LogP contribution in [0, 0.1) is 6.92 Å². The highest BCUT2D eigenvalue weighted by atomic mass is 35.5. The first-order valence-corrected chi connectivity index (χ1v) is 15.7. The lowest BCUT2D eigenvalue weighted by molar-refractivity contribution is 0.102. The number of rotatable bonds is 7. The number of benzene rings is 3. The molecule has 3 aromatic heterocycles. The molecule has 9 heteroatoms. The molecule has 1 aliphatic rings. The van der Waals surface area contributed by atoms with E-state index in [1.165, 1.54) is 12.8 Å². The summed E-state index contributed by atoms with van der Waals surface area (Å²) in [6.07, 6.45) is 8.14. The highest BCUT2D eigenvalue weighted by molar-refractivity contribution is 6.31. The molecule has 3 aromatic carbocycles. The number of hydrogen-bond donors (Lipinski definition) is 2. The Morgan fingerprint density at radius 2 is 1.73 bits per heavy atom. The third-order valence-electron chi connectivity index (χ3n) is 8.72. The van der Waals surface area contributed by atoms with Gasteiger partial charge >= 0.3 is 0 Å². The van der Waals surface area contributed by atoms with Gasteiger partial charge in [-0.15, -0.1) is 0 Å². The van der Waals surface area contributed by atoms with E-state index in [0.717, 1.165) is 63.2 Å². The van der Waals surface area contributed by atoms with E-state index in [1.54, 1.807) is 0 Å². The van der Waals surface area contributed by atoms with Gasteiger partial charge in [0.05, 0.1) is 36.0 Å². The molecule has 0 unspecified atom stereocenters. The van der Waals surface area contributed by atoms with E-state index in [9.17, 15) is 4.79 Å². The second-order valence-electron chi connectivity index (χ2n) is 11.5. The average Bonchev–Trinajstić information content (AvgIpc) is 3.84. The normalized spacial score (nSPS) is 14.4. The largest absolute Gasteiger partial charge is 0.350 e. The second kappa shape index (κ2) is 11.6. The summed E-state index contributed by atoms with van der Waals surface area (Å²) in [6, 6.07) is 23.7. The Morgan fingerprint density at radius 1 is 1.00 bits per heavy atom. The molecule has 0 bridgehead atoms. The highest BCUT2D eigenvalue weighted by Crippen LogP contribution is 2.42.